The van der Waals surface area contributed by atoms with Crippen LogP contribution in [-0.2, 0) is 0 Å². The molecule has 0 radical (unpaired) electrons. The van der Waals surface area contributed by atoms with E-state index in [1.54, 1.807) is 12.1 Å². The van der Waals surface area contributed by atoms with Gasteiger partial charge in [-0.15, -0.1) is 0 Å². The van der Waals surface area contributed by atoms with E-state index in [1.807, 2.05) is 13.0 Å². The third-order valence-electron chi connectivity index (χ3n) is 1.22. The molecule has 0 saturated carbocycles. The van der Waals surface area contributed by atoms with E-state index in [0.717, 1.165) is 5.56 Å². The summed E-state index contributed by atoms with van der Waals surface area (Å²) in [6, 6.07) is 5.39. The van der Waals surface area contributed by atoms with E-state index in [0.29, 0.717) is 10.7 Å². The topological polar surface area (TPSA) is 4.36 Å². The number of aryl methyl sites for hydroxylation is 1. The number of benzene rings is 1. The van der Waals surface area contributed by atoms with Crippen LogP contribution in [0.4, 0.5) is 5.69 Å². The van der Waals surface area contributed by atoms with E-state index in [1.165, 1.54) is 0 Å². The molecule has 0 heterocycles. The van der Waals surface area contributed by atoms with E-state index in [-0.39, 0.29) is 0 Å². The standard InChI is InChI=1S/C8H6ClN/c1-6-3-4-8(10-2)7(9)5-6/h3-5H,1H3. The van der Waals surface area contributed by atoms with Crippen molar-refractivity contribution in [2.75, 3.05) is 0 Å². The quantitative estimate of drug-likeness (QED) is 0.502. The first-order valence-electron chi connectivity index (χ1n) is 2.87. The largest absolute Gasteiger partial charge is 0.237 e. The Bertz CT molecular complexity index is 286. The lowest BCUT2D eigenvalue weighted by Crippen LogP contribution is -1.69. The molecule has 1 rings (SSSR count). The van der Waals surface area contributed by atoms with Gasteiger partial charge in [-0.1, -0.05) is 35.4 Å². The number of nitrogens with zero attached hydrogens (tertiary/aromatic N) is 1. The summed E-state index contributed by atoms with van der Waals surface area (Å²) in [5.41, 5.74) is 1.60. The van der Waals surface area contributed by atoms with Gasteiger partial charge in [-0.2, -0.15) is 0 Å². The molecule has 0 N–H and O–H groups in total. The highest BCUT2D eigenvalue weighted by atomic mass is 35.5. The molecule has 10 heavy (non-hydrogen) atoms. The van der Waals surface area contributed by atoms with Crippen molar-refractivity contribution in [2.24, 2.45) is 0 Å². The number of hydrogen-bond donors (Lipinski definition) is 0. The fourth-order valence-corrected chi connectivity index (χ4v) is 0.980. The average molecular weight is 152 g/mol. The first-order chi connectivity index (χ1) is 4.74. The van der Waals surface area contributed by atoms with Gasteiger partial charge >= 0.3 is 0 Å². The van der Waals surface area contributed by atoms with E-state index >= 15 is 0 Å². The van der Waals surface area contributed by atoms with E-state index in [2.05, 4.69) is 4.85 Å². The third-order valence-corrected chi connectivity index (χ3v) is 1.53. The molecular weight excluding hydrogens is 146 g/mol. The maximum atomic E-state index is 6.70. The van der Waals surface area contributed by atoms with E-state index in [4.69, 9.17) is 18.2 Å². The van der Waals surface area contributed by atoms with Crippen LogP contribution in [0.5, 0.6) is 0 Å². The number of hydrogen-bond acceptors (Lipinski definition) is 0. The zero-order chi connectivity index (χ0) is 7.56. The molecular formula is C8H6ClN. The predicted molar refractivity (Wildman–Crippen MR) is 42.5 cm³/mol. The second-order valence-electron chi connectivity index (χ2n) is 2.07. The molecule has 1 aromatic carbocycles. The Morgan fingerprint density at radius 1 is 1.50 bits per heavy atom. The smallest absolute Gasteiger partial charge is 0.205 e. The van der Waals surface area contributed by atoms with Gasteiger partial charge in [-0.05, 0) is 6.92 Å². The zero-order valence-corrected chi connectivity index (χ0v) is 6.31. The Hall–Kier alpha value is -1.00. The Morgan fingerprint density at radius 2 is 2.20 bits per heavy atom. The summed E-state index contributed by atoms with van der Waals surface area (Å²) in [5.74, 6) is 0. The van der Waals surface area contributed by atoms with Crippen molar-refractivity contribution in [1.29, 1.82) is 0 Å². The number of halogens is 1. The monoisotopic (exact) mass is 151 g/mol. The lowest BCUT2D eigenvalue weighted by molar-refractivity contribution is 1.48. The van der Waals surface area contributed by atoms with Crippen LogP contribution in [0, 0.1) is 13.5 Å². The van der Waals surface area contributed by atoms with Crippen LogP contribution in [0.3, 0.4) is 0 Å². The maximum Gasteiger partial charge on any atom is 0.205 e. The van der Waals surface area contributed by atoms with Gasteiger partial charge in [0.25, 0.3) is 0 Å². The molecule has 0 fully saturated rings. The summed E-state index contributed by atoms with van der Waals surface area (Å²) in [5, 5.41) is 0.537. The van der Waals surface area contributed by atoms with Crippen molar-refractivity contribution in [3.8, 4) is 0 Å². The van der Waals surface area contributed by atoms with Gasteiger partial charge in [0.2, 0.25) is 5.69 Å². The van der Waals surface area contributed by atoms with Crippen LogP contribution in [0.25, 0.3) is 4.85 Å². The Morgan fingerprint density at radius 3 is 2.70 bits per heavy atom. The summed E-state index contributed by atoms with van der Waals surface area (Å²) < 4.78 is 0. The van der Waals surface area contributed by atoms with Crippen LogP contribution >= 0.6 is 11.6 Å². The summed E-state index contributed by atoms with van der Waals surface area (Å²) in [6.07, 6.45) is 0. The Kier molecular flexibility index (Phi) is 1.94. The molecule has 0 amide bonds. The van der Waals surface area contributed by atoms with Crippen molar-refractivity contribution in [1.82, 2.24) is 0 Å². The molecule has 1 aromatic rings. The molecule has 0 aliphatic carbocycles. The van der Waals surface area contributed by atoms with E-state index < -0.39 is 0 Å². The Balaban J connectivity index is 3.23. The fourth-order valence-electron chi connectivity index (χ4n) is 0.703. The second kappa shape index (κ2) is 2.72. The van der Waals surface area contributed by atoms with Crippen LogP contribution in [0.15, 0.2) is 18.2 Å². The van der Waals surface area contributed by atoms with Crippen LogP contribution in [0.1, 0.15) is 5.56 Å². The fraction of sp³-hybridized carbons (Fsp3) is 0.125. The molecule has 0 aromatic heterocycles. The predicted octanol–water partition coefficient (Wildman–Crippen LogP) is 3.20. The summed E-state index contributed by atoms with van der Waals surface area (Å²) >= 11 is 5.72. The van der Waals surface area contributed by atoms with Gasteiger partial charge in [0.15, 0.2) is 0 Å². The summed E-state index contributed by atoms with van der Waals surface area (Å²) in [7, 11) is 0. The third kappa shape index (κ3) is 1.29. The van der Waals surface area contributed by atoms with Gasteiger partial charge < -0.3 is 0 Å². The molecule has 2 heteroatoms. The highest BCUT2D eigenvalue weighted by Gasteiger charge is 1.96. The highest BCUT2D eigenvalue weighted by Crippen LogP contribution is 2.24. The van der Waals surface area contributed by atoms with Gasteiger partial charge in [0, 0.05) is 5.02 Å². The summed E-state index contributed by atoms with van der Waals surface area (Å²) in [6.45, 7) is 8.64. The molecule has 0 saturated heterocycles. The zero-order valence-electron chi connectivity index (χ0n) is 5.56. The van der Waals surface area contributed by atoms with Gasteiger partial charge in [-0.25, -0.2) is 4.85 Å². The summed E-state index contributed by atoms with van der Waals surface area (Å²) in [4.78, 5) is 3.23. The molecule has 0 bridgehead atoms. The molecule has 1 nitrogen and oxygen atoms in total. The molecule has 0 unspecified atom stereocenters. The minimum absolute atomic E-state index is 0.521. The van der Waals surface area contributed by atoms with Crippen LogP contribution in [0.2, 0.25) is 5.02 Å². The lowest BCUT2D eigenvalue weighted by atomic mass is 10.2. The van der Waals surface area contributed by atoms with E-state index in [9.17, 15) is 0 Å². The number of rotatable bonds is 0. The van der Waals surface area contributed by atoms with Gasteiger partial charge in [0.1, 0.15) is 0 Å². The van der Waals surface area contributed by atoms with Crippen molar-refractivity contribution in [3.63, 3.8) is 0 Å². The van der Waals surface area contributed by atoms with Crippen LogP contribution < -0.4 is 0 Å². The van der Waals surface area contributed by atoms with Gasteiger partial charge in [-0.3, -0.25) is 0 Å². The SMILES string of the molecule is [C-]#[N+]c1ccc(C)cc1Cl. The maximum absolute atomic E-state index is 6.70. The minimum Gasteiger partial charge on any atom is -0.237 e. The average Bonchev–Trinajstić information content (AvgIpc) is 1.88. The molecule has 0 atom stereocenters. The molecule has 0 spiro atoms. The van der Waals surface area contributed by atoms with Gasteiger partial charge in [0.05, 0.1) is 6.57 Å². The first-order valence-corrected chi connectivity index (χ1v) is 3.25. The Labute approximate surface area is 65.1 Å². The normalized spacial score (nSPS) is 8.90. The van der Waals surface area contributed by atoms with Crippen molar-refractivity contribution in [2.45, 2.75) is 6.92 Å². The molecule has 0 aliphatic heterocycles. The highest BCUT2D eigenvalue weighted by molar-refractivity contribution is 6.33. The molecule has 50 valence electrons. The lowest BCUT2D eigenvalue weighted by Gasteiger charge is -1.94. The minimum atomic E-state index is 0.521. The first kappa shape index (κ1) is 7.11. The van der Waals surface area contributed by atoms with Crippen LogP contribution in [-0.4, -0.2) is 0 Å². The van der Waals surface area contributed by atoms with Crippen molar-refractivity contribution < 1.29 is 0 Å². The van der Waals surface area contributed by atoms with Crippen molar-refractivity contribution in [3.05, 3.63) is 40.2 Å². The molecule has 0 aliphatic rings. The second-order valence-corrected chi connectivity index (χ2v) is 2.47. The van der Waals surface area contributed by atoms with Crippen molar-refractivity contribution >= 4 is 17.3 Å².